The highest BCUT2D eigenvalue weighted by Gasteiger charge is 2.26. The highest BCUT2D eigenvalue weighted by Crippen LogP contribution is 2.35. The average Bonchev–Trinajstić information content (AvgIpc) is 2.30. The molecule has 0 radical (unpaired) electrons. The van der Waals surface area contributed by atoms with Gasteiger partial charge in [0, 0.05) is 11.9 Å². The molecule has 2 aliphatic heterocycles. The molecule has 2 saturated heterocycles. The van der Waals surface area contributed by atoms with E-state index in [0.717, 1.165) is 24.4 Å². The number of hydrogen-bond acceptors (Lipinski definition) is 2. The van der Waals surface area contributed by atoms with Crippen molar-refractivity contribution in [3.8, 4) is 0 Å². The fraction of sp³-hybridized carbons (Fsp3) is 1.00. The van der Waals surface area contributed by atoms with E-state index in [1.165, 1.54) is 25.0 Å². The van der Waals surface area contributed by atoms with Crippen LogP contribution in [-0.2, 0) is 4.74 Å². The minimum Gasteiger partial charge on any atom is -0.381 e. The van der Waals surface area contributed by atoms with E-state index >= 15 is 0 Å². The van der Waals surface area contributed by atoms with E-state index in [0.29, 0.717) is 0 Å². The highest BCUT2D eigenvalue weighted by atomic mass is 32.2. The molecular weight excluding hydrogens is 144 g/mol. The molecule has 0 saturated carbocycles. The summed E-state index contributed by atoms with van der Waals surface area (Å²) in [6.07, 6.45) is 4.09. The number of thioether (sulfide) groups is 1. The monoisotopic (exact) mass is 158 g/mol. The summed E-state index contributed by atoms with van der Waals surface area (Å²) in [7, 11) is 0. The predicted octanol–water partition coefficient (Wildman–Crippen LogP) is 1.92. The van der Waals surface area contributed by atoms with Gasteiger partial charge in [0.1, 0.15) is 0 Å². The lowest BCUT2D eigenvalue weighted by molar-refractivity contribution is 0.0929. The molecule has 0 spiro atoms. The predicted molar refractivity (Wildman–Crippen MR) is 44.4 cm³/mol. The summed E-state index contributed by atoms with van der Waals surface area (Å²) in [4.78, 5) is 0. The van der Waals surface area contributed by atoms with Crippen molar-refractivity contribution in [2.24, 2.45) is 5.92 Å². The first-order chi connectivity index (χ1) is 4.95. The second-order valence-electron chi connectivity index (χ2n) is 3.27. The van der Waals surface area contributed by atoms with Crippen LogP contribution in [0.5, 0.6) is 0 Å². The Kier molecular flexibility index (Phi) is 2.19. The maximum Gasteiger partial charge on any atom is 0.0502 e. The molecule has 0 aromatic heterocycles. The quantitative estimate of drug-likeness (QED) is 0.532. The smallest absolute Gasteiger partial charge is 0.0502 e. The van der Waals surface area contributed by atoms with E-state index in [4.69, 9.17) is 4.74 Å². The molecule has 0 amide bonds. The molecule has 0 aromatic carbocycles. The van der Waals surface area contributed by atoms with Gasteiger partial charge in [0.2, 0.25) is 0 Å². The van der Waals surface area contributed by atoms with Crippen molar-refractivity contribution >= 4 is 11.8 Å². The van der Waals surface area contributed by atoms with Crippen molar-refractivity contribution in [2.75, 3.05) is 19.0 Å². The number of ether oxygens (including phenoxy) is 1. The molecule has 2 heteroatoms. The van der Waals surface area contributed by atoms with Crippen molar-refractivity contribution in [1.82, 2.24) is 0 Å². The summed E-state index contributed by atoms with van der Waals surface area (Å²) in [6, 6.07) is 0. The van der Waals surface area contributed by atoms with E-state index in [2.05, 4.69) is 11.8 Å². The zero-order chi connectivity index (χ0) is 6.81. The molecule has 0 N–H and O–H groups in total. The lowest BCUT2D eigenvalue weighted by Crippen LogP contribution is -2.14. The molecule has 1 nitrogen and oxygen atoms in total. The Balaban J connectivity index is 1.91. The molecular formula is C8H14OS. The van der Waals surface area contributed by atoms with Crippen molar-refractivity contribution in [3.05, 3.63) is 0 Å². The zero-order valence-corrected chi connectivity index (χ0v) is 7.03. The van der Waals surface area contributed by atoms with E-state index in [1.807, 2.05) is 0 Å². The standard InChI is InChI=1S/C8H14OS/c1-2-8-4-7(6-10-8)5-9-3-1/h7-8H,1-6H2. The summed E-state index contributed by atoms with van der Waals surface area (Å²) in [5, 5.41) is 0.980. The third-order valence-corrected chi connectivity index (χ3v) is 3.90. The molecule has 0 aliphatic carbocycles. The summed E-state index contributed by atoms with van der Waals surface area (Å²) in [6.45, 7) is 2.04. The molecule has 2 heterocycles. The van der Waals surface area contributed by atoms with Crippen LogP contribution < -0.4 is 0 Å². The minimum absolute atomic E-state index is 0.885. The topological polar surface area (TPSA) is 9.23 Å². The van der Waals surface area contributed by atoms with E-state index in [-0.39, 0.29) is 0 Å². The lowest BCUT2D eigenvalue weighted by atomic mass is 10.0. The van der Waals surface area contributed by atoms with Crippen LogP contribution in [-0.4, -0.2) is 24.2 Å². The van der Waals surface area contributed by atoms with E-state index in [1.54, 1.807) is 0 Å². The third-order valence-electron chi connectivity index (χ3n) is 2.33. The largest absolute Gasteiger partial charge is 0.381 e. The van der Waals surface area contributed by atoms with Crippen molar-refractivity contribution in [2.45, 2.75) is 24.5 Å². The van der Waals surface area contributed by atoms with Crippen LogP contribution in [0, 0.1) is 5.92 Å². The van der Waals surface area contributed by atoms with Crippen LogP contribution in [0.4, 0.5) is 0 Å². The molecule has 2 aliphatic rings. The Morgan fingerprint density at radius 1 is 1.40 bits per heavy atom. The van der Waals surface area contributed by atoms with Gasteiger partial charge >= 0.3 is 0 Å². The fourth-order valence-electron chi connectivity index (χ4n) is 1.76. The Hall–Kier alpha value is 0.310. The Morgan fingerprint density at radius 3 is 3.40 bits per heavy atom. The van der Waals surface area contributed by atoms with Gasteiger partial charge in [-0.3, -0.25) is 0 Å². The van der Waals surface area contributed by atoms with Gasteiger partial charge in [-0.25, -0.2) is 0 Å². The second-order valence-corrected chi connectivity index (χ2v) is 4.61. The van der Waals surface area contributed by atoms with Crippen LogP contribution in [0.3, 0.4) is 0 Å². The van der Waals surface area contributed by atoms with Crippen LogP contribution in [0.1, 0.15) is 19.3 Å². The maximum atomic E-state index is 5.49. The molecule has 58 valence electrons. The molecule has 2 rings (SSSR count). The van der Waals surface area contributed by atoms with E-state index in [9.17, 15) is 0 Å². The highest BCUT2D eigenvalue weighted by molar-refractivity contribution is 8.00. The maximum absolute atomic E-state index is 5.49. The Bertz CT molecular complexity index is 104. The first-order valence-corrected chi connectivity index (χ1v) is 5.19. The first-order valence-electron chi connectivity index (χ1n) is 4.14. The number of fused-ring (bicyclic) bond motifs is 2. The Morgan fingerprint density at radius 2 is 2.40 bits per heavy atom. The van der Waals surface area contributed by atoms with Crippen LogP contribution in [0.2, 0.25) is 0 Å². The summed E-state index contributed by atoms with van der Waals surface area (Å²) >= 11 is 2.16. The van der Waals surface area contributed by atoms with Gasteiger partial charge in [0.15, 0.2) is 0 Å². The summed E-state index contributed by atoms with van der Waals surface area (Å²) < 4.78 is 5.49. The molecule has 0 aromatic rings. The number of hydrogen-bond donors (Lipinski definition) is 0. The van der Waals surface area contributed by atoms with Gasteiger partial charge in [-0.2, -0.15) is 11.8 Å². The Labute approximate surface area is 66.5 Å². The first kappa shape index (κ1) is 6.99. The number of rotatable bonds is 0. The third kappa shape index (κ3) is 1.48. The fourth-order valence-corrected chi connectivity index (χ4v) is 3.28. The average molecular weight is 158 g/mol. The lowest BCUT2D eigenvalue weighted by Gasteiger charge is -2.14. The van der Waals surface area contributed by atoms with Gasteiger partial charge in [-0.1, -0.05) is 0 Å². The molecule has 10 heavy (non-hydrogen) atoms. The summed E-state index contributed by atoms with van der Waals surface area (Å²) in [5.41, 5.74) is 0. The van der Waals surface area contributed by atoms with Gasteiger partial charge in [0.05, 0.1) is 6.61 Å². The van der Waals surface area contributed by atoms with Crippen molar-refractivity contribution < 1.29 is 4.74 Å². The minimum atomic E-state index is 0.885. The van der Waals surface area contributed by atoms with Gasteiger partial charge in [-0.05, 0) is 30.9 Å². The van der Waals surface area contributed by atoms with Crippen LogP contribution in [0.15, 0.2) is 0 Å². The van der Waals surface area contributed by atoms with Gasteiger partial charge in [0.25, 0.3) is 0 Å². The molecule has 2 bridgehead atoms. The van der Waals surface area contributed by atoms with Gasteiger partial charge in [-0.15, -0.1) is 0 Å². The van der Waals surface area contributed by atoms with Crippen LogP contribution >= 0.6 is 11.8 Å². The SMILES string of the molecule is C1COCC2CSC(C1)C2. The normalized spacial score (nSPS) is 40.8. The van der Waals surface area contributed by atoms with Crippen molar-refractivity contribution in [3.63, 3.8) is 0 Å². The van der Waals surface area contributed by atoms with Crippen molar-refractivity contribution in [1.29, 1.82) is 0 Å². The molecule has 2 unspecified atom stereocenters. The van der Waals surface area contributed by atoms with E-state index < -0.39 is 0 Å². The molecule has 2 atom stereocenters. The zero-order valence-electron chi connectivity index (χ0n) is 6.21. The van der Waals surface area contributed by atoms with Crippen LogP contribution in [0.25, 0.3) is 0 Å². The second kappa shape index (κ2) is 3.14. The summed E-state index contributed by atoms with van der Waals surface area (Å²) in [5.74, 6) is 2.24. The molecule has 2 fully saturated rings. The van der Waals surface area contributed by atoms with Gasteiger partial charge < -0.3 is 4.74 Å².